The van der Waals surface area contributed by atoms with E-state index in [4.69, 9.17) is 0 Å². The number of pyridine rings is 1. The van der Waals surface area contributed by atoms with Crippen molar-refractivity contribution < 1.29 is 14.7 Å². The molecule has 2 heterocycles. The van der Waals surface area contributed by atoms with Crippen LogP contribution in [0.4, 0.5) is 11.6 Å². The van der Waals surface area contributed by atoms with Crippen LogP contribution in [0, 0.1) is 0 Å². The number of aromatic nitrogens is 3. The Labute approximate surface area is 137 Å². The van der Waals surface area contributed by atoms with E-state index in [0.717, 1.165) is 5.56 Å². The molecule has 0 aliphatic carbocycles. The van der Waals surface area contributed by atoms with Gasteiger partial charge in [0, 0.05) is 13.5 Å². The maximum atomic E-state index is 11.3. The number of hydrogen-bond donors (Lipinski definition) is 3. The molecule has 8 nitrogen and oxygen atoms in total. The van der Waals surface area contributed by atoms with Gasteiger partial charge in [-0.2, -0.15) is 4.98 Å². The average Bonchev–Trinajstić information content (AvgIpc) is 2.95. The molecule has 0 saturated heterocycles. The van der Waals surface area contributed by atoms with Crippen LogP contribution in [0.3, 0.4) is 0 Å². The highest BCUT2D eigenvalue weighted by Gasteiger charge is 2.16. The molecule has 0 unspecified atom stereocenters. The van der Waals surface area contributed by atoms with E-state index >= 15 is 0 Å². The molecule has 0 spiro atoms. The lowest BCUT2D eigenvalue weighted by Crippen LogP contribution is -2.09. The van der Waals surface area contributed by atoms with Crippen LogP contribution in [0.2, 0.25) is 0 Å². The van der Waals surface area contributed by atoms with E-state index in [1.807, 2.05) is 30.3 Å². The smallest absolute Gasteiger partial charge is 0.354 e. The summed E-state index contributed by atoms with van der Waals surface area (Å²) in [7, 11) is 0. The Morgan fingerprint density at radius 3 is 2.58 bits per heavy atom. The third-order valence-electron chi connectivity index (χ3n) is 3.32. The van der Waals surface area contributed by atoms with Crippen molar-refractivity contribution in [3.8, 4) is 0 Å². The third kappa shape index (κ3) is 3.17. The Morgan fingerprint density at radius 1 is 1.17 bits per heavy atom. The molecule has 1 aromatic carbocycles. The molecule has 0 aliphatic rings. The predicted molar refractivity (Wildman–Crippen MR) is 88.0 cm³/mol. The molecule has 3 rings (SSSR count). The second kappa shape index (κ2) is 6.37. The van der Waals surface area contributed by atoms with Crippen molar-refractivity contribution >= 4 is 29.2 Å². The lowest BCUT2D eigenvalue weighted by Gasteiger charge is -2.08. The first kappa shape index (κ1) is 15.5. The molecule has 0 radical (unpaired) electrons. The highest BCUT2D eigenvalue weighted by molar-refractivity contribution is 5.90. The second-order valence-electron chi connectivity index (χ2n) is 5.13. The van der Waals surface area contributed by atoms with E-state index in [2.05, 4.69) is 20.7 Å². The molecule has 3 aromatic rings. The molecule has 122 valence electrons. The third-order valence-corrected chi connectivity index (χ3v) is 3.32. The van der Waals surface area contributed by atoms with Crippen molar-refractivity contribution in [2.45, 2.75) is 13.5 Å². The standard InChI is InChI=1S/C16H15N5O3/c1-10(22)18-16-19-14-12(17-9-11-5-3-2-4-6-11)7-8-13(15(23)24)21(14)20-16/h2-8,17H,9H2,1H3,(H,23,24)(H,18,20,22). The average molecular weight is 325 g/mol. The summed E-state index contributed by atoms with van der Waals surface area (Å²) in [6, 6.07) is 12.8. The van der Waals surface area contributed by atoms with Crippen LogP contribution in [0.5, 0.6) is 0 Å². The zero-order chi connectivity index (χ0) is 17.1. The largest absolute Gasteiger partial charge is 0.477 e. The van der Waals surface area contributed by atoms with E-state index in [-0.39, 0.29) is 17.5 Å². The number of carboxylic acid groups (broad SMARTS) is 1. The molecule has 3 N–H and O–H groups in total. The van der Waals surface area contributed by atoms with Gasteiger partial charge in [0.1, 0.15) is 0 Å². The number of anilines is 2. The number of amides is 1. The molecule has 2 aromatic heterocycles. The summed E-state index contributed by atoms with van der Waals surface area (Å²) < 4.78 is 1.20. The van der Waals surface area contributed by atoms with Crippen LogP contribution in [0.15, 0.2) is 42.5 Å². The molecule has 1 amide bonds. The first-order valence-electron chi connectivity index (χ1n) is 7.23. The van der Waals surface area contributed by atoms with Gasteiger partial charge in [-0.05, 0) is 17.7 Å². The Bertz CT molecular complexity index is 905. The number of rotatable bonds is 5. The number of carbonyl (C=O) groups excluding carboxylic acids is 1. The van der Waals surface area contributed by atoms with Crippen molar-refractivity contribution in [3.05, 3.63) is 53.7 Å². The van der Waals surface area contributed by atoms with Crippen molar-refractivity contribution in [1.82, 2.24) is 14.6 Å². The van der Waals surface area contributed by atoms with Crippen molar-refractivity contribution in [2.24, 2.45) is 0 Å². The number of benzene rings is 1. The van der Waals surface area contributed by atoms with Crippen LogP contribution < -0.4 is 10.6 Å². The number of aromatic carboxylic acids is 1. The predicted octanol–water partition coefficient (Wildman–Crippen LogP) is 2.00. The van der Waals surface area contributed by atoms with Crippen LogP contribution in [-0.2, 0) is 11.3 Å². The van der Waals surface area contributed by atoms with Gasteiger partial charge < -0.3 is 10.4 Å². The lowest BCUT2D eigenvalue weighted by molar-refractivity contribution is -0.114. The highest BCUT2D eigenvalue weighted by atomic mass is 16.4. The summed E-state index contributed by atoms with van der Waals surface area (Å²) in [5.74, 6) is -1.41. The minimum atomic E-state index is -1.13. The normalized spacial score (nSPS) is 10.5. The summed E-state index contributed by atoms with van der Waals surface area (Å²) >= 11 is 0. The lowest BCUT2D eigenvalue weighted by atomic mass is 10.2. The van der Waals surface area contributed by atoms with Gasteiger partial charge in [-0.1, -0.05) is 30.3 Å². The molecule has 0 fully saturated rings. The van der Waals surface area contributed by atoms with E-state index in [0.29, 0.717) is 17.9 Å². The van der Waals surface area contributed by atoms with E-state index in [9.17, 15) is 14.7 Å². The van der Waals surface area contributed by atoms with E-state index in [1.165, 1.54) is 17.5 Å². The number of carbonyl (C=O) groups is 2. The number of hydrogen-bond acceptors (Lipinski definition) is 5. The molecule has 0 bridgehead atoms. The quantitative estimate of drug-likeness (QED) is 0.662. The Kier molecular flexibility index (Phi) is 4.11. The number of carboxylic acids is 1. The van der Waals surface area contributed by atoms with Crippen LogP contribution >= 0.6 is 0 Å². The van der Waals surface area contributed by atoms with Gasteiger partial charge in [-0.3, -0.25) is 10.1 Å². The maximum absolute atomic E-state index is 11.3. The molecule has 8 heteroatoms. The van der Waals surface area contributed by atoms with E-state index < -0.39 is 5.97 Å². The molecule has 24 heavy (non-hydrogen) atoms. The first-order chi connectivity index (χ1) is 11.5. The summed E-state index contributed by atoms with van der Waals surface area (Å²) in [5, 5.41) is 19.0. The molecule has 0 aliphatic heterocycles. The van der Waals surface area contributed by atoms with E-state index in [1.54, 1.807) is 6.07 Å². The van der Waals surface area contributed by atoms with Gasteiger partial charge in [0.05, 0.1) is 5.69 Å². The number of fused-ring (bicyclic) bond motifs is 1. The molecule has 0 saturated carbocycles. The van der Waals surface area contributed by atoms with Gasteiger partial charge in [-0.25, -0.2) is 9.31 Å². The van der Waals surface area contributed by atoms with Crippen LogP contribution in [0.25, 0.3) is 5.65 Å². The van der Waals surface area contributed by atoms with Gasteiger partial charge in [-0.15, -0.1) is 5.10 Å². The second-order valence-corrected chi connectivity index (χ2v) is 5.13. The fraction of sp³-hybridized carbons (Fsp3) is 0.125. The zero-order valence-electron chi connectivity index (χ0n) is 12.9. The Morgan fingerprint density at radius 2 is 1.92 bits per heavy atom. The SMILES string of the molecule is CC(=O)Nc1nc2c(NCc3ccccc3)ccc(C(=O)O)n2n1. The van der Waals surface area contributed by atoms with Crippen LogP contribution in [0.1, 0.15) is 23.0 Å². The Balaban J connectivity index is 1.98. The van der Waals surface area contributed by atoms with Gasteiger partial charge in [0.25, 0.3) is 0 Å². The highest BCUT2D eigenvalue weighted by Crippen LogP contribution is 2.20. The van der Waals surface area contributed by atoms with Crippen molar-refractivity contribution in [2.75, 3.05) is 10.6 Å². The van der Waals surface area contributed by atoms with Crippen molar-refractivity contribution in [1.29, 1.82) is 0 Å². The molecule has 0 atom stereocenters. The summed E-state index contributed by atoms with van der Waals surface area (Å²) in [5.41, 5.74) is 1.97. The Hall–Kier alpha value is -3.42. The number of nitrogens with zero attached hydrogens (tertiary/aromatic N) is 3. The van der Waals surface area contributed by atoms with Gasteiger partial charge in [0.2, 0.25) is 11.9 Å². The fourth-order valence-corrected chi connectivity index (χ4v) is 2.27. The van der Waals surface area contributed by atoms with Gasteiger partial charge >= 0.3 is 5.97 Å². The summed E-state index contributed by atoms with van der Waals surface area (Å²) in [6.07, 6.45) is 0. The monoisotopic (exact) mass is 325 g/mol. The maximum Gasteiger partial charge on any atom is 0.354 e. The summed E-state index contributed by atoms with van der Waals surface area (Å²) in [4.78, 5) is 26.7. The summed E-state index contributed by atoms with van der Waals surface area (Å²) in [6.45, 7) is 1.88. The molecular formula is C16H15N5O3. The van der Waals surface area contributed by atoms with Gasteiger partial charge in [0.15, 0.2) is 11.3 Å². The van der Waals surface area contributed by atoms with Crippen LogP contribution in [-0.4, -0.2) is 31.6 Å². The first-order valence-corrected chi connectivity index (χ1v) is 7.23. The zero-order valence-corrected chi connectivity index (χ0v) is 12.9. The minimum absolute atomic E-state index is 0.0423. The molecular weight excluding hydrogens is 310 g/mol. The topological polar surface area (TPSA) is 109 Å². The fourth-order valence-electron chi connectivity index (χ4n) is 2.27. The minimum Gasteiger partial charge on any atom is -0.477 e. The van der Waals surface area contributed by atoms with Crippen molar-refractivity contribution in [3.63, 3.8) is 0 Å². The number of nitrogens with one attached hydrogen (secondary N) is 2.